The standard InChI is InChI=1S/C13H23NO2/c1-5-14(13(2,3)4)12(16)9-10-7-6-8-11(10)15/h10H,5-9H2,1-4H3. The Morgan fingerprint density at radius 1 is 1.44 bits per heavy atom. The van der Waals surface area contributed by atoms with Gasteiger partial charge in [0.05, 0.1) is 0 Å². The van der Waals surface area contributed by atoms with Crippen LogP contribution in [-0.2, 0) is 9.59 Å². The fourth-order valence-electron chi connectivity index (χ4n) is 2.45. The molecule has 1 fully saturated rings. The highest BCUT2D eigenvalue weighted by molar-refractivity contribution is 5.88. The first-order chi connectivity index (χ1) is 7.36. The van der Waals surface area contributed by atoms with Gasteiger partial charge in [-0.25, -0.2) is 0 Å². The number of carbonyl (C=O) groups is 2. The highest BCUT2D eigenvalue weighted by atomic mass is 16.2. The van der Waals surface area contributed by atoms with Crippen LogP contribution in [-0.4, -0.2) is 28.7 Å². The first kappa shape index (κ1) is 13.2. The Morgan fingerprint density at radius 3 is 2.44 bits per heavy atom. The molecule has 0 radical (unpaired) electrons. The van der Waals surface area contributed by atoms with E-state index in [1.165, 1.54) is 0 Å². The van der Waals surface area contributed by atoms with E-state index in [0.29, 0.717) is 19.4 Å². The average molecular weight is 225 g/mol. The zero-order chi connectivity index (χ0) is 12.3. The molecule has 16 heavy (non-hydrogen) atoms. The number of hydrogen-bond donors (Lipinski definition) is 0. The van der Waals surface area contributed by atoms with Gasteiger partial charge in [0.25, 0.3) is 0 Å². The van der Waals surface area contributed by atoms with Crippen molar-refractivity contribution in [3.63, 3.8) is 0 Å². The van der Waals surface area contributed by atoms with E-state index >= 15 is 0 Å². The number of Topliss-reactive ketones (excluding diaryl/α,β-unsaturated/α-hetero) is 1. The molecule has 0 saturated heterocycles. The molecule has 0 heterocycles. The molecule has 1 aliphatic rings. The van der Waals surface area contributed by atoms with Gasteiger partial charge in [0.1, 0.15) is 5.78 Å². The Bertz CT molecular complexity index is 278. The van der Waals surface area contributed by atoms with Crippen molar-refractivity contribution in [1.29, 1.82) is 0 Å². The molecule has 1 rings (SSSR count). The average Bonchev–Trinajstić information content (AvgIpc) is 2.50. The minimum Gasteiger partial charge on any atom is -0.338 e. The molecule has 0 aromatic heterocycles. The van der Waals surface area contributed by atoms with E-state index in [1.54, 1.807) is 0 Å². The summed E-state index contributed by atoms with van der Waals surface area (Å²) in [5.41, 5.74) is -0.145. The zero-order valence-electron chi connectivity index (χ0n) is 10.9. The number of ketones is 1. The first-order valence-electron chi connectivity index (χ1n) is 6.19. The third-order valence-corrected chi connectivity index (χ3v) is 3.28. The molecule has 1 aliphatic carbocycles. The van der Waals surface area contributed by atoms with Gasteiger partial charge in [-0.1, -0.05) is 0 Å². The molecule has 3 nitrogen and oxygen atoms in total. The normalized spacial score (nSPS) is 21.2. The van der Waals surface area contributed by atoms with Crippen molar-refractivity contribution < 1.29 is 9.59 Å². The van der Waals surface area contributed by atoms with E-state index in [0.717, 1.165) is 12.8 Å². The summed E-state index contributed by atoms with van der Waals surface area (Å²) < 4.78 is 0. The third-order valence-electron chi connectivity index (χ3n) is 3.28. The smallest absolute Gasteiger partial charge is 0.223 e. The summed E-state index contributed by atoms with van der Waals surface area (Å²) in [4.78, 5) is 25.5. The van der Waals surface area contributed by atoms with Crippen LogP contribution in [0.2, 0.25) is 0 Å². The molecule has 1 atom stereocenters. The van der Waals surface area contributed by atoms with Gasteiger partial charge in [-0.3, -0.25) is 9.59 Å². The maximum absolute atomic E-state index is 12.1. The van der Waals surface area contributed by atoms with E-state index in [1.807, 2.05) is 32.6 Å². The lowest BCUT2D eigenvalue weighted by atomic mass is 9.99. The summed E-state index contributed by atoms with van der Waals surface area (Å²) in [6.45, 7) is 8.80. The van der Waals surface area contributed by atoms with Crippen LogP contribution in [0.5, 0.6) is 0 Å². The van der Waals surface area contributed by atoms with Crippen molar-refractivity contribution >= 4 is 11.7 Å². The van der Waals surface area contributed by atoms with Gasteiger partial charge in [-0.15, -0.1) is 0 Å². The number of nitrogens with zero attached hydrogens (tertiary/aromatic N) is 1. The molecule has 1 unspecified atom stereocenters. The number of carbonyl (C=O) groups excluding carboxylic acids is 2. The van der Waals surface area contributed by atoms with Crippen LogP contribution in [0.4, 0.5) is 0 Å². The molecule has 0 aromatic rings. The van der Waals surface area contributed by atoms with Gasteiger partial charge < -0.3 is 4.90 Å². The van der Waals surface area contributed by atoms with Gasteiger partial charge >= 0.3 is 0 Å². The van der Waals surface area contributed by atoms with Gasteiger partial charge in [0.2, 0.25) is 5.91 Å². The Morgan fingerprint density at radius 2 is 2.06 bits per heavy atom. The summed E-state index contributed by atoms with van der Waals surface area (Å²) >= 11 is 0. The molecule has 0 N–H and O–H groups in total. The summed E-state index contributed by atoms with van der Waals surface area (Å²) in [5.74, 6) is 0.387. The fourth-order valence-corrected chi connectivity index (χ4v) is 2.45. The lowest BCUT2D eigenvalue weighted by molar-refractivity contribution is -0.138. The summed E-state index contributed by atoms with van der Waals surface area (Å²) in [6.07, 6.45) is 2.92. The second kappa shape index (κ2) is 4.98. The van der Waals surface area contributed by atoms with Crippen LogP contribution in [0.1, 0.15) is 53.4 Å². The van der Waals surface area contributed by atoms with Gasteiger partial charge in [-0.05, 0) is 40.5 Å². The molecule has 0 aliphatic heterocycles. The maximum Gasteiger partial charge on any atom is 0.223 e. The highest BCUT2D eigenvalue weighted by Crippen LogP contribution is 2.26. The Balaban J connectivity index is 2.59. The Kier molecular flexibility index (Phi) is 4.11. The summed E-state index contributed by atoms with van der Waals surface area (Å²) in [7, 11) is 0. The maximum atomic E-state index is 12.1. The second-order valence-corrected chi connectivity index (χ2v) is 5.57. The molecule has 1 saturated carbocycles. The largest absolute Gasteiger partial charge is 0.338 e. The van der Waals surface area contributed by atoms with E-state index in [2.05, 4.69) is 0 Å². The van der Waals surface area contributed by atoms with E-state index in [4.69, 9.17) is 0 Å². The van der Waals surface area contributed by atoms with E-state index in [9.17, 15) is 9.59 Å². The summed E-state index contributed by atoms with van der Waals surface area (Å²) in [6, 6.07) is 0. The fraction of sp³-hybridized carbons (Fsp3) is 0.846. The van der Waals surface area contributed by atoms with Crippen LogP contribution in [0.25, 0.3) is 0 Å². The topological polar surface area (TPSA) is 37.4 Å². The molecule has 0 aromatic carbocycles. The molecule has 92 valence electrons. The minimum absolute atomic E-state index is 0.0103. The van der Waals surface area contributed by atoms with E-state index < -0.39 is 0 Å². The molecule has 0 spiro atoms. The second-order valence-electron chi connectivity index (χ2n) is 5.57. The van der Waals surface area contributed by atoms with Crippen molar-refractivity contribution in [2.24, 2.45) is 5.92 Å². The molecular formula is C13H23NO2. The van der Waals surface area contributed by atoms with Crippen molar-refractivity contribution in [3.8, 4) is 0 Å². The molecule has 3 heteroatoms. The predicted octanol–water partition coefficient (Wildman–Crippen LogP) is 2.39. The van der Waals surface area contributed by atoms with Gasteiger partial charge in [0.15, 0.2) is 0 Å². The van der Waals surface area contributed by atoms with Crippen LogP contribution < -0.4 is 0 Å². The minimum atomic E-state index is -0.145. The zero-order valence-corrected chi connectivity index (χ0v) is 10.9. The Hall–Kier alpha value is -0.860. The quantitative estimate of drug-likeness (QED) is 0.739. The van der Waals surface area contributed by atoms with Crippen LogP contribution in [0.15, 0.2) is 0 Å². The van der Waals surface area contributed by atoms with Crippen molar-refractivity contribution in [2.45, 2.75) is 58.9 Å². The third kappa shape index (κ3) is 3.06. The number of rotatable bonds is 3. The van der Waals surface area contributed by atoms with Crippen molar-refractivity contribution in [2.75, 3.05) is 6.54 Å². The monoisotopic (exact) mass is 225 g/mol. The van der Waals surface area contributed by atoms with Crippen molar-refractivity contribution in [1.82, 2.24) is 4.90 Å². The van der Waals surface area contributed by atoms with Crippen LogP contribution in [0, 0.1) is 5.92 Å². The van der Waals surface area contributed by atoms with Crippen molar-refractivity contribution in [3.05, 3.63) is 0 Å². The predicted molar refractivity (Wildman–Crippen MR) is 64.1 cm³/mol. The molecule has 1 amide bonds. The van der Waals surface area contributed by atoms with Crippen LogP contribution in [0.3, 0.4) is 0 Å². The number of hydrogen-bond acceptors (Lipinski definition) is 2. The van der Waals surface area contributed by atoms with E-state index in [-0.39, 0.29) is 23.1 Å². The Labute approximate surface area is 98.2 Å². The SMILES string of the molecule is CCN(C(=O)CC1CCCC1=O)C(C)(C)C. The van der Waals surface area contributed by atoms with Gasteiger partial charge in [0, 0.05) is 30.8 Å². The lowest BCUT2D eigenvalue weighted by Gasteiger charge is -2.35. The first-order valence-corrected chi connectivity index (χ1v) is 6.19. The number of amides is 1. The summed E-state index contributed by atoms with van der Waals surface area (Å²) in [5, 5.41) is 0. The molecule has 0 bridgehead atoms. The van der Waals surface area contributed by atoms with Crippen LogP contribution >= 0.6 is 0 Å². The highest BCUT2D eigenvalue weighted by Gasteiger charge is 2.31. The molecular weight excluding hydrogens is 202 g/mol. The lowest BCUT2D eigenvalue weighted by Crippen LogP contribution is -2.46. The van der Waals surface area contributed by atoms with Gasteiger partial charge in [-0.2, -0.15) is 0 Å².